The normalized spacial score (nSPS) is 26.2. The SMILES string of the molecule is COc1cc([C@@H]2c3cc4c(cc3[C@H](OC(C)=O)[C@@H]3COC(=O)[C@H]23)OCO4)cc2c1OCCO2. The van der Waals surface area contributed by atoms with Crippen molar-refractivity contribution in [3.8, 4) is 28.7 Å². The highest BCUT2D eigenvalue weighted by Gasteiger charge is 2.54. The van der Waals surface area contributed by atoms with Crippen LogP contribution in [0.2, 0.25) is 0 Å². The average Bonchev–Trinajstić information content (AvgIpc) is 3.43. The van der Waals surface area contributed by atoms with Crippen molar-refractivity contribution >= 4 is 11.9 Å². The highest BCUT2D eigenvalue weighted by molar-refractivity contribution is 5.79. The number of cyclic esters (lactones) is 1. The van der Waals surface area contributed by atoms with Crippen molar-refractivity contribution in [2.24, 2.45) is 11.8 Å². The summed E-state index contributed by atoms with van der Waals surface area (Å²) in [6.45, 7) is 2.47. The fourth-order valence-corrected chi connectivity index (χ4v) is 5.31. The van der Waals surface area contributed by atoms with Gasteiger partial charge in [-0.3, -0.25) is 9.59 Å². The predicted molar refractivity (Wildman–Crippen MR) is 111 cm³/mol. The summed E-state index contributed by atoms with van der Waals surface area (Å²) in [7, 11) is 1.56. The average molecular weight is 454 g/mol. The van der Waals surface area contributed by atoms with Gasteiger partial charge in [-0.1, -0.05) is 0 Å². The number of rotatable bonds is 3. The maximum Gasteiger partial charge on any atom is 0.310 e. The number of methoxy groups -OCH3 is 1. The summed E-state index contributed by atoms with van der Waals surface area (Å²) in [5, 5.41) is 0. The van der Waals surface area contributed by atoms with Crippen molar-refractivity contribution in [2.45, 2.75) is 18.9 Å². The zero-order valence-corrected chi connectivity index (χ0v) is 18.1. The van der Waals surface area contributed by atoms with Crippen LogP contribution in [0.4, 0.5) is 0 Å². The van der Waals surface area contributed by atoms with Crippen molar-refractivity contribution in [1.82, 2.24) is 0 Å². The Kier molecular flexibility index (Phi) is 4.53. The van der Waals surface area contributed by atoms with Crippen LogP contribution in [0.25, 0.3) is 0 Å². The van der Waals surface area contributed by atoms with Gasteiger partial charge in [-0.05, 0) is 35.4 Å². The molecule has 3 heterocycles. The molecule has 4 aliphatic rings. The lowest BCUT2D eigenvalue weighted by Gasteiger charge is -2.38. The van der Waals surface area contributed by atoms with Crippen molar-refractivity contribution < 1.29 is 42.7 Å². The van der Waals surface area contributed by atoms with Gasteiger partial charge in [0.05, 0.1) is 19.6 Å². The molecule has 0 spiro atoms. The zero-order valence-electron chi connectivity index (χ0n) is 18.1. The van der Waals surface area contributed by atoms with Crippen LogP contribution in [0.3, 0.4) is 0 Å². The fraction of sp³-hybridized carbons (Fsp3) is 0.417. The molecule has 0 unspecified atom stereocenters. The Labute approximate surface area is 189 Å². The summed E-state index contributed by atoms with van der Waals surface area (Å²) in [6.07, 6.45) is -0.640. The molecule has 1 aliphatic carbocycles. The van der Waals surface area contributed by atoms with Crippen molar-refractivity contribution in [1.29, 1.82) is 0 Å². The summed E-state index contributed by atoms with van der Waals surface area (Å²) in [4.78, 5) is 25.0. The summed E-state index contributed by atoms with van der Waals surface area (Å²) in [5.41, 5.74) is 2.39. The molecule has 0 amide bonds. The Morgan fingerprint density at radius 1 is 0.939 bits per heavy atom. The summed E-state index contributed by atoms with van der Waals surface area (Å²) >= 11 is 0. The van der Waals surface area contributed by atoms with E-state index in [1.807, 2.05) is 24.3 Å². The lowest BCUT2D eigenvalue weighted by atomic mass is 9.66. The molecule has 1 fully saturated rings. The number of hydrogen-bond donors (Lipinski definition) is 0. The van der Waals surface area contributed by atoms with Crippen LogP contribution in [0, 0.1) is 11.8 Å². The molecule has 172 valence electrons. The number of carbonyl (C=O) groups excluding carboxylic acids is 2. The maximum atomic E-state index is 13.0. The maximum absolute atomic E-state index is 13.0. The molecule has 0 bridgehead atoms. The minimum absolute atomic E-state index is 0.105. The van der Waals surface area contributed by atoms with Gasteiger partial charge in [0.1, 0.15) is 19.3 Å². The number of esters is 2. The van der Waals surface area contributed by atoms with Gasteiger partial charge in [0, 0.05) is 24.3 Å². The summed E-state index contributed by atoms with van der Waals surface area (Å²) in [6, 6.07) is 7.45. The van der Waals surface area contributed by atoms with Gasteiger partial charge in [-0.25, -0.2) is 0 Å². The van der Waals surface area contributed by atoms with Gasteiger partial charge in [-0.15, -0.1) is 0 Å². The third kappa shape index (κ3) is 3.06. The standard InChI is InChI=1S/C24H22O9/c1-11(25)33-22-14-8-17-16(31-10-32-17)7-13(14)20(21-15(22)9-30-24(21)26)12-5-18(27-2)23-19(6-12)28-3-4-29-23/h5-8,15,20-22H,3-4,9-10H2,1-2H3/t15-,20-,21+,22+/m1/s1. The van der Waals surface area contributed by atoms with E-state index in [0.717, 1.165) is 16.7 Å². The Bertz CT molecular complexity index is 1140. The Morgan fingerprint density at radius 2 is 1.70 bits per heavy atom. The first-order valence-electron chi connectivity index (χ1n) is 10.8. The Hall–Kier alpha value is -3.62. The number of fused-ring (bicyclic) bond motifs is 4. The number of benzene rings is 2. The first-order valence-corrected chi connectivity index (χ1v) is 10.8. The molecule has 0 radical (unpaired) electrons. The number of hydrogen-bond acceptors (Lipinski definition) is 9. The molecule has 0 saturated carbocycles. The zero-order chi connectivity index (χ0) is 22.7. The molecule has 33 heavy (non-hydrogen) atoms. The van der Waals surface area contributed by atoms with Crippen LogP contribution in [0.1, 0.15) is 35.6 Å². The monoisotopic (exact) mass is 454 g/mol. The smallest absolute Gasteiger partial charge is 0.310 e. The molecule has 3 aliphatic heterocycles. The van der Waals surface area contributed by atoms with E-state index >= 15 is 0 Å². The van der Waals surface area contributed by atoms with Crippen LogP contribution in [0.15, 0.2) is 24.3 Å². The van der Waals surface area contributed by atoms with E-state index in [-0.39, 0.29) is 25.3 Å². The summed E-state index contributed by atoms with van der Waals surface area (Å²) in [5.74, 6) is 0.706. The van der Waals surface area contributed by atoms with E-state index in [0.29, 0.717) is 42.0 Å². The van der Waals surface area contributed by atoms with Crippen molar-refractivity contribution in [3.05, 3.63) is 41.0 Å². The summed E-state index contributed by atoms with van der Waals surface area (Å²) < 4.78 is 39.6. The molecule has 9 heteroatoms. The third-order valence-electron chi connectivity index (χ3n) is 6.62. The second-order valence-corrected chi connectivity index (χ2v) is 8.41. The van der Waals surface area contributed by atoms with Crippen LogP contribution in [-0.2, 0) is 19.1 Å². The lowest BCUT2D eigenvalue weighted by molar-refractivity contribution is -0.152. The minimum Gasteiger partial charge on any atom is -0.493 e. The van der Waals surface area contributed by atoms with Crippen LogP contribution < -0.4 is 23.7 Å². The molecule has 0 N–H and O–H groups in total. The van der Waals surface area contributed by atoms with E-state index in [1.165, 1.54) is 6.92 Å². The molecule has 2 aromatic rings. The topological polar surface area (TPSA) is 98.8 Å². The lowest BCUT2D eigenvalue weighted by Crippen LogP contribution is -2.36. The second kappa shape index (κ2) is 7.47. The molecule has 4 atom stereocenters. The first-order chi connectivity index (χ1) is 16.0. The third-order valence-corrected chi connectivity index (χ3v) is 6.62. The molecule has 1 saturated heterocycles. The molecule has 2 aromatic carbocycles. The van der Waals surface area contributed by atoms with Crippen molar-refractivity contribution in [3.63, 3.8) is 0 Å². The Balaban J connectivity index is 1.57. The first kappa shape index (κ1) is 20.0. The highest BCUT2D eigenvalue weighted by atomic mass is 16.7. The Morgan fingerprint density at radius 3 is 2.45 bits per heavy atom. The van der Waals surface area contributed by atoms with Crippen LogP contribution in [0.5, 0.6) is 28.7 Å². The van der Waals surface area contributed by atoms with Gasteiger partial charge >= 0.3 is 11.9 Å². The number of carbonyl (C=O) groups is 2. The minimum atomic E-state index is -0.640. The van der Waals surface area contributed by atoms with Crippen LogP contribution >= 0.6 is 0 Å². The fourth-order valence-electron chi connectivity index (χ4n) is 5.31. The van der Waals surface area contributed by atoms with Gasteiger partial charge in [0.15, 0.2) is 23.0 Å². The molecule has 6 rings (SSSR count). The molecule has 0 aromatic heterocycles. The molecular weight excluding hydrogens is 432 g/mol. The van der Waals surface area contributed by atoms with E-state index in [1.54, 1.807) is 7.11 Å². The quantitative estimate of drug-likeness (QED) is 0.648. The largest absolute Gasteiger partial charge is 0.493 e. The van der Waals surface area contributed by atoms with E-state index in [9.17, 15) is 9.59 Å². The van der Waals surface area contributed by atoms with Gasteiger partial charge < -0.3 is 33.2 Å². The van der Waals surface area contributed by atoms with E-state index in [4.69, 9.17) is 33.2 Å². The van der Waals surface area contributed by atoms with Crippen molar-refractivity contribution in [2.75, 3.05) is 33.7 Å². The molecular formula is C24H22O9. The number of ether oxygens (including phenoxy) is 7. The van der Waals surface area contributed by atoms with Gasteiger partial charge in [0.2, 0.25) is 12.5 Å². The second-order valence-electron chi connectivity index (χ2n) is 8.41. The van der Waals surface area contributed by atoms with E-state index < -0.39 is 23.9 Å². The van der Waals surface area contributed by atoms with Gasteiger partial charge in [-0.2, -0.15) is 0 Å². The van der Waals surface area contributed by atoms with Gasteiger partial charge in [0.25, 0.3) is 0 Å². The van der Waals surface area contributed by atoms with E-state index in [2.05, 4.69) is 0 Å². The predicted octanol–water partition coefficient (Wildman–Crippen LogP) is 2.73. The van der Waals surface area contributed by atoms with Crippen LogP contribution in [-0.4, -0.2) is 45.7 Å². The highest BCUT2D eigenvalue weighted by Crippen LogP contribution is 2.56. The molecule has 9 nitrogen and oxygen atoms in total.